The molecule has 0 bridgehead atoms. The Bertz CT molecular complexity index is 528. The number of halogens is 1. The lowest BCUT2D eigenvalue weighted by Gasteiger charge is -2.07. The van der Waals surface area contributed by atoms with Crippen molar-refractivity contribution in [1.29, 1.82) is 0 Å². The molecule has 0 radical (unpaired) electrons. The van der Waals surface area contributed by atoms with Gasteiger partial charge in [0.15, 0.2) is 0 Å². The first kappa shape index (κ1) is 13.6. The number of hydrogen-bond acceptors (Lipinski definition) is 3. The van der Waals surface area contributed by atoms with E-state index in [0.29, 0.717) is 13.1 Å². The van der Waals surface area contributed by atoms with Gasteiger partial charge >= 0.3 is 6.09 Å². The van der Waals surface area contributed by atoms with E-state index < -0.39 is 6.09 Å². The third-order valence-corrected chi connectivity index (χ3v) is 2.83. The summed E-state index contributed by atoms with van der Waals surface area (Å²) in [7, 11) is 0. The molecule has 0 spiro atoms. The molecule has 0 fully saturated rings. The largest absolute Gasteiger partial charge is 0.445 e. The van der Waals surface area contributed by atoms with Gasteiger partial charge in [-0.05, 0) is 21.5 Å². The molecule has 2 aromatic rings. The van der Waals surface area contributed by atoms with Crippen LogP contribution < -0.4 is 5.32 Å². The summed E-state index contributed by atoms with van der Waals surface area (Å²) >= 11 is 3.31. The van der Waals surface area contributed by atoms with Crippen molar-refractivity contribution in [3.05, 3.63) is 52.8 Å². The van der Waals surface area contributed by atoms with E-state index >= 15 is 0 Å². The molecule has 0 unspecified atom stereocenters. The summed E-state index contributed by atoms with van der Waals surface area (Å²) in [6.07, 6.45) is 3.13. The average Bonchev–Trinajstić information content (AvgIpc) is 2.83. The Labute approximate surface area is 119 Å². The lowest BCUT2D eigenvalue weighted by Crippen LogP contribution is -2.27. The predicted molar refractivity (Wildman–Crippen MR) is 74.6 cm³/mol. The molecule has 0 aliphatic rings. The molecule has 6 heteroatoms. The molecule has 1 N–H and O–H groups in total. The van der Waals surface area contributed by atoms with E-state index in [1.807, 2.05) is 36.5 Å². The molecule has 100 valence electrons. The van der Waals surface area contributed by atoms with Crippen LogP contribution in [0.3, 0.4) is 0 Å². The van der Waals surface area contributed by atoms with Gasteiger partial charge in [-0.15, -0.1) is 0 Å². The first-order valence-electron chi connectivity index (χ1n) is 5.86. The minimum absolute atomic E-state index is 0.278. The molecule has 5 nitrogen and oxygen atoms in total. The minimum atomic E-state index is -0.421. The fraction of sp³-hybridized carbons (Fsp3) is 0.231. The van der Waals surface area contributed by atoms with Crippen molar-refractivity contribution in [3.63, 3.8) is 0 Å². The normalized spacial score (nSPS) is 10.2. The average molecular weight is 324 g/mol. The van der Waals surface area contributed by atoms with Gasteiger partial charge in [0.25, 0.3) is 0 Å². The van der Waals surface area contributed by atoms with Crippen LogP contribution in [-0.4, -0.2) is 22.4 Å². The van der Waals surface area contributed by atoms with E-state index in [-0.39, 0.29) is 6.61 Å². The van der Waals surface area contributed by atoms with E-state index in [2.05, 4.69) is 26.3 Å². The SMILES string of the molecule is O=C(NCCn1cc(Br)cn1)OCc1ccccc1. The molecule has 1 amide bonds. The molecule has 1 aromatic heterocycles. The molecule has 1 aromatic carbocycles. The van der Waals surface area contributed by atoms with Crippen LogP contribution in [0.4, 0.5) is 4.79 Å². The maximum atomic E-state index is 11.4. The fourth-order valence-corrected chi connectivity index (χ4v) is 1.84. The maximum Gasteiger partial charge on any atom is 0.407 e. The number of ether oxygens (including phenoxy) is 1. The van der Waals surface area contributed by atoms with Gasteiger partial charge in [0, 0.05) is 12.7 Å². The molecule has 2 rings (SSSR count). The van der Waals surface area contributed by atoms with Crippen LogP contribution in [0.25, 0.3) is 0 Å². The predicted octanol–water partition coefficient (Wildman–Crippen LogP) is 2.57. The summed E-state index contributed by atoms with van der Waals surface area (Å²) in [6, 6.07) is 9.56. The van der Waals surface area contributed by atoms with Crippen molar-refractivity contribution < 1.29 is 9.53 Å². The quantitative estimate of drug-likeness (QED) is 0.920. The molecule has 0 aliphatic heterocycles. The second-order valence-corrected chi connectivity index (χ2v) is 4.83. The highest BCUT2D eigenvalue weighted by Crippen LogP contribution is 2.05. The van der Waals surface area contributed by atoms with Gasteiger partial charge in [0.2, 0.25) is 0 Å². The van der Waals surface area contributed by atoms with Gasteiger partial charge in [0.1, 0.15) is 6.61 Å². The number of hydrogen-bond donors (Lipinski definition) is 1. The van der Waals surface area contributed by atoms with E-state index in [1.165, 1.54) is 0 Å². The number of nitrogens with zero attached hydrogens (tertiary/aromatic N) is 2. The Morgan fingerprint density at radius 3 is 2.84 bits per heavy atom. The number of nitrogens with one attached hydrogen (secondary N) is 1. The van der Waals surface area contributed by atoms with Crippen molar-refractivity contribution in [2.24, 2.45) is 0 Å². The maximum absolute atomic E-state index is 11.4. The number of amides is 1. The Morgan fingerprint density at radius 2 is 2.16 bits per heavy atom. The third kappa shape index (κ3) is 4.75. The monoisotopic (exact) mass is 323 g/mol. The number of benzene rings is 1. The summed E-state index contributed by atoms with van der Waals surface area (Å²) in [5.74, 6) is 0. The zero-order valence-corrected chi connectivity index (χ0v) is 11.8. The van der Waals surface area contributed by atoms with Crippen LogP contribution in [0.15, 0.2) is 47.2 Å². The molecule has 19 heavy (non-hydrogen) atoms. The van der Waals surface area contributed by atoms with Crippen molar-refractivity contribution in [1.82, 2.24) is 15.1 Å². The molecule has 0 atom stereocenters. The Morgan fingerprint density at radius 1 is 1.37 bits per heavy atom. The van der Waals surface area contributed by atoms with Crippen LogP contribution >= 0.6 is 15.9 Å². The van der Waals surface area contributed by atoms with Gasteiger partial charge in [-0.3, -0.25) is 4.68 Å². The summed E-state index contributed by atoms with van der Waals surface area (Å²) in [5, 5.41) is 6.76. The summed E-state index contributed by atoms with van der Waals surface area (Å²) in [5.41, 5.74) is 0.966. The lowest BCUT2D eigenvalue weighted by molar-refractivity contribution is 0.139. The van der Waals surface area contributed by atoms with Gasteiger partial charge in [-0.2, -0.15) is 5.10 Å². The number of carbonyl (C=O) groups excluding carboxylic acids is 1. The number of alkyl carbamates (subject to hydrolysis) is 1. The van der Waals surface area contributed by atoms with Crippen LogP contribution in [0.2, 0.25) is 0 Å². The Balaban J connectivity index is 1.65. The van der Waals surface area contributed by atoms with E-state index in [9.17, 15) is 4.79 Å². The van der Waals surface area contributed by atoms with E-state index in [0.717, 1.165) is 10.0 Å². The van der Waals surface area contributed by atoms with Crippen LogP contribution in [0.1, 0.15) is 5.56 Å². The van der Waals surface area contributed by atoms with Gasteiger partial charge in [-0.1, -0.05) is 30.3 Å². The van der Waals surface area contributed by atoms with Crippen molar-refractivity contribution in [2.75, 3.05) is 6.54 Å². The van der Waals surface area contributed by atoms with Gasteiger partial charge in [0.05, 0.1) is 17.2 Å². The summed E-state index contributed by atoms with van der Waals surface area (Å²) in [4.78, 5) is 11.4. The number of aromatic nitrogens is 2. The van der Waals surface area contributed by atoms with Crippen LogP contribution in [0.5, 0.6) is 0 Å². The highest BCUT2D eigenvalue weighted by atomic mass is 79.9. The summed E-state index contributed by atoms with van der Waals surface area (Å²) in [6.45, 7) is 1.35. The van der Waals surface area contributed by atoms with Gasteiger partial charge < -0.3 is 10.1 Å². The number of rotatable bonds is 5. The van der Waals surface area contributed by atoms with Crippen LogP contribution in [0, 0.1) is 0 Å². The standard InChI is InChI=1S/C13H14BrN3O2/c14-12-8-16-17(9-12)7-6-15-13(18)19-10-11-4-2-1-3-5-11/h1-5,8-9H,6-7,10H2,(H,15,18). The first-order valence-corrected chi connectivity index (χ1v) is 6.66. The lowest BCUT2D eigenvalue weighted by atomic mass is 10.2. The highest BCUT2D eigenvalue weighted by Gasteiger charge is 2.02. The molecule has 0 saturated heterocycles. The van der Waals surface area contributed by atoms with E-state index in [4.69, 9.17) is 4.74 Å². The topological polar surface area (TPSA) is 56.2 Å². The molecule has 0 aliphatic carbocycles. The molecular formula is C13H14BrN3O2. The number of carbonyl (C=O) groups is 1. The fourth-order valence-electron chi connectivity index (χ4n) is 1.51. The highest BCUT2D eigenvalue weighted by molar-refractivity contribution is 9.10. The third-order valence-electron chi connectivity index (χ3n) is 2.42. The smallest absolute Gasteiger partial charge is 0.407 e. The zero-order chi connectivity index (χ0) is 13.5. The summed E-state index contributed by atoms with van der Waals surface area (Å²) < 4.78 is 7.74. The van der Waals surface area contributed by atoms with Crippen molar-refractivity contribution in [2.45, 2.75) is 13.2 Å². The first-order chi connectivity index (χ1) is 9.24. The van der Waals surface area contributed by atoms with Gasteiger partial charge in [-0.25, -0.2) is 4.79 Å². The molecule has 0 saturated carbocycles. The second-order valence-electron chi connectivity index (χ2n) is 3.91. The minimum Gasteiger partial charge on any atom is -0.445 e. The Kier molecular flexibility index (Phi) is 4.97. The van der Waals surface area contributed by atoms with Crippen LogP contribution in [-0.2, 0) is 17.9 Å². The van der Waals surface area contributed by atoms with E-state index in [1.54, 1.807) is 10.9 Å². The van der Waals surface area contributed by atoms with Crippen molar-refractivity contribution >= 4 is 22.0 Å². The second kappa shape index (κ2) is 6.94. The molecule has 1 heterocycles. The van der Waals surface area contributed by atoms with Crippen molar-refractivity contribution in [3.8, 4) is 0 Å². The molecular weight excluding hydrogens is 310 g/mol. The zero-order valence-electron chi connectivity index (χ0n) is 10.3. The Hall–Kier alpha value is -1.82.